The quantitative estimate of drug-likeness (QED) is 0.498. The van der Waals surface area contributed by atoms with Crippen LogP contribution >= 0.6 is 0 Å². The van der Waals surface area contributed by atoms with Crippen LogP contribution in [0.5, 0.6) is 0 Å². The van der Waals surface area contributed by atoms with E-state index < -0.39 is 0 Å². The van der Waals surface area contributed by atoms with E-state index in [2.05, 4.69) is 20.8 Å². The highest BCUT2D eigenvalue weighted by molar-refractivity contribution is 5.20. The van der Waals surface area contributed by atoms with Crippen LogP contribution in [0.25, 0.3) is 0 Å². The van der Waals surface area contributed by atoms with Gasteiger partial charge in [-0.2, -0.15) is 0 Å². The third-order valence-corrected chi connectivity index (χ3v) is 5.55. The van der Waals surface area contributed by atoms with Gasteiger partial charge in [0.2, 0.25) is 0 Å². The first-order valence-electron chi connectivity index (χ1n) is 5.07. The van der Waals surface area contributed by atoms with Gasteiger partial charge in [0.05, 0.1) is 0 Å². The van der Waals surface area contributed by atoms with E-state index >= 15 is 0 Å². The number of hydrogen-bond acceptors (Lipinski definition) is 0. The Balaban J connectivity index is 2.12. The maximum absolute atomic E-state index is 2.55. The van der Waals surface area contributed by atoms with Crippen LogP contribution in [-0.2, 0) is 0 Å². The van der Waals surface area contributed by atoms with Crippen molar-refractivity contribution in [2.45, 2.75) is 40.0 Å². The summed E-state index contributed by atoms with van der Waals surface area (Å²) in [6, 6.07) is 0. The lowest BCUT2D eigenvalue weighted by Gasteiger charge is -2.37. The molecular formula is C11H18. The molecular weight excluding hydrogens is 132 g/mol. The number of hydrogen-bond donors (Lipinski definition) is 0. The molecule has 0 aromatic rings. The Hall–Kier alpha value is 0. The zero-order valence-electron chi connectivity index (χ0n) is 7.85. The van der Waals surface area contributed by atoms with Crippen LogP contribution in [-0.4, -0.2) is 0 Å². The van der Waals surface area contributed by atoms with Crippen molar-refractivity contribution in [3.63, 3.8) is 0 Å². The van der Waals surface area contributed by atoms with Gasteiger partial charge >= 0.3 is 0 Å². The second-order valence-corrected chi connectivity index (χ2v) is 5.79. The maximum Gasteiger partial charge on any atom is -0.0241 e. The molecule has 0 spiro atoms. The predicted molar refractivity (Wildman–Crippen MR) is 46.2 cm³/mol. The van der Waals surface area contributed by atoms with Crippen molar-refractivity contribution < 1.29 is 0 Å². The summed E-state index contributed by atoms with van der Waals surface area (Å²) in [5, 5.41) is 0. The molecule has 0 saturated heterocycles. The first kappa shape index (κ1) is 6.51. The molecule has 3 fully saturated rings. The van der Waals surface area contributed by atoms with Gasteiger partial charge in [0.25, 0.3) is 0 Å². The summed E-state index contributed by atoms with van der Waals surface area (Å²) in [5.41, 5.74) is 1.42. The highest BCUT2D eigenvalue weighted by Gasteiger charge is 2.72. The zero-order valence-corrected chi connectivity index (χ0v) is 7.85. The first-order chi connectivity index (χ1) is 5.07. The van der Waals surface area contributed by atoms with Crippen molar-refractivity contribution in [1.82, 2.24) is 0 Å². The summed E-state index contributed by atoms with van der Waals surface area (Å²) >= 11 is 0. The van der Waals surface area contributed by atoms with Crippen molar-refractivity contribution >= 4 is 0 Å². The van der Waals surface area contributed by atoms with Gasteiger partial charge in [0, 0.05) is 0 Å². The summed E-state index contributed by atoms with van der Waals surface area (Å²) in [6.45, 7) is 7.57. The monoisotopic (exact) mass is 150 g/mol. The molecule has 0 aromatic heterocycles. The van der Waals surface area contributed by atoms with Gasteiger partial charge in [-0.05, 0) is 47.8 Å². The number of rotatable bonds is 0. The lowest BCUT2D eigenvalue weighted by atomic mass is 9.67. The highest BCUT2D eigenvalue weighted by Crippen LogP contribution is 2.79. The molecule has 0 N–H and O–H groups in total. The van der Waals surface area contributed by atoms with Crippen molar-refractivity contribution in [3.05, 3.63) is 0 Å². The molecule has 62 valence electrons. The molecule has 0 radical (unpaired) electrons. The van der Waals surface area contributed by atoms with Gasteiger partial charge in [0.1, 0.15) is 0 Å². The van der Waals surface area contributed by atoms with E-state index in [-0.39, 0.29) is 0 Å². The normalized spacial score (nSPS) is 63.0. The minimum Gasteiger partial charge on any atom is -0.0591 e. The van der Waals surface area contributed by atoms with Crippen LogP contribution in [0.3, 0.4) is 0 Å². The smallest absolute Gasteiger partial charge is 0.0241 e. The molecule has 4 atom stereocenters. The summed E-state index contributed by atoms with van der Waals surface area (Å²) in [6.07, 6.45) is 4.63. The van der Waals surface area contributed by atoms with Crippen LogP contribution in [0.4, 0.5) is 0 Å². The molecule has 4 unspecified atom stereocenters. The molecule has 0 amide bonds. The van der Waals surface area contributed by atoms with E-state index in [9.17, 15) is 0 Å². The lowest BCUT2D eigenvalue weighted by molar-refractivity contribution is 0.113. The summed E-state index contributed by atoms with van der Waals surface area (Å²) in [7, 11) is 0. The average molecular weight is 150 g/mol. The Morgan fingerprint density at radius 1 is 1.09 bits per heavy atom. The molecule has 2 bridgehead atoms. The van der Waals surface area contributed by atoms with E-state index in [0.29, 0.717) is 5.41 Å². The van der Waals surface area contributed by atoms with E-state index in [4.69, 9.17) is 0 Å². The van der Waals surface area contributed by atoms with Crippen molar-refractivity contribution in [1.29, 1.82) is 0 Å². The fraction of sp³-hybridized carbons (Fsp3) is 1.00. The van der Waals surface area contributed by atoms with E-state index in [1.807, 2.05) is 0 Å². The van der Waals surface area contributed by atoms with Gasteiger partial charge in [-0.25, -0.2) is 0 Å². The molecule has 0 aromatic carbocycles. The highest BCUT2D eigenvalue weighted by atomic mass is 14.8. The Labute approximate surface area is 69.4 Å². The van der Waals surface area contributed by atoms with Gasteiger partial charge in [-0.15, -0.1) is 0 Å². The molecule has 0 aliphatic heterocycles. The Bertz CT molecular complexity index is 216. The summed E-state index contributed by atoms with van der Waals surface area (Å²) < 4.78 is 0. The SMILES string of the molecule is CC1(C)C2CCC1(C)C1CC21. The van der Waals surface area contributed by atoms with Gasteiger partial charge in [0.15, 0.2) is 0 Å². The zero-order chi connectivity index (χ0) is 7.85. The second-order valence-electron chi connectivity index (χ2n) is 5.79. The first-order valence-corrected chi connectivity index (χ1v) is 5.07. The second kappa shape index (κ2) is 1.41. The van der Waals surface area contributed by atoms with Crippen molar-refractivity contribution in [2.75, 3.05) is 0 Å². The standard InChI is InChI=1S/C11H18/c1-10(2)8-4-5-11(10,3)9-6-7(8)9/h7-9H,4-6H2,1-3H3. The van der Waals surface area contributed by atoms with Crippen LogP contribution in [0.2, 0.25) is 0 Å². The van der Waals surface area contributed by atoms with Gasteiger partial charge in [-0.3, -0.25) is 0 Å². The number of fused-ring (bicyclic) bond motifs is 5. The minimum absolute atomic E-state index is 0.681. The Morgan fingerprint density at radius 3 is 2.18 bits per heavy atom. The molecule has 3 rings (SSSR count). The van der Waals surface area contributed by atoms with Crippen LogP contribution in [0.15, 0.2) is 0 Å². The van der Waals surface area contributed by atoms with Gasteiger partial charge in [-0.1, -0.05) is 20.8 Å². The minimum atomic E-state index is 0.681. The van der Waals surface area contributed by atoms with Crippen molar-refractivity contribution in [3.8, 4) is 0 Å². The largest absolute Gasteiger partial charge is 0.0591 e. The van der Waals surface area contributed by atoms with Crippen molar-refractivity contribution in [2.24, 2.45) is 28.6 Å². The molecule has 3 saturated carbocycles. The molecule has 3 aliphatic carbocycles. The van der Waals surface area contributed by atoms with E-state index in [1.165, 1.54) is 12.8 Å². The van der Waals surface area contributed by atoms with Crippen LogP contribution < -0.4 is 0 Å². The molecule has 0 heterocycles. The van der Waals surface area contributed by atoms with E-state index in [0.717, 1.165) is 23.2 Å². The third kappa shape index (κ3) is 0.467. The van der Waals surface area contributed by atoms with Crippen LogP contribution in [0, 0.1) is 28.6 Å². The van der Waals surface area contributed by atoms with Gasteiger partial charge < -0.3 is 0 Å². The fourth-order valence-electron chi connectivity index (χ4n) is 4.37. The molecule has 0 nitrogen and oxygen atoms in total. The maximum atomic E-state index is 2.55. The topological polar surface area (TPSA) is 0 Å². The Morgan fingerprint density at radius 2 is 1.82 bits per heavy atom. The molecule has 3 aliphatic rings. The summed E-state index contributed by atoms with van der Waals surface area (Å²) in [4.78, 5) is 0. The molecule has 11 heavy (non-hydrogen) atoms. The third-order valence-electron chi connectivity index (χ3n) is 5.55. The fourth-order valence-corrected chi connectivity index (χ4v) is 4.37. The Kier molecular flexibility index (Phi) is 0.832. The molecule has 0 heteroatoms. The predicted octanol–water partition coefficient (Wildman–Crippen LogP) is 3.08. The van der Waals surface area contributed by atoms with E-state index in [1.54, 1.807) is 6.42 Å². The summed E-state index contributed by atoms with van der Waals surface area (Å²) in [5.74, 6) is 3.39. The average Bonchev–Trinajstić information content (AvgIpc) is 2.60. The lowest BCUT2D eigenvalue weighted by Crippen LogP contribution is -2.30. The van der Waals surface area contributed by atoms with Crippen LogP contribution in [0.1, 0.15) is 40.0 Å².